The Morgan fingerprint density at radius 1 is 0.707 bits per heavy atom. The van der Waals surface area contributed by atoms with Crippen LogP contribution in [0.25, 0.3) is 21.9 Å². The second kappa shape index (κ2) is 11.6. The van der Waals surface area contributed by atoms with Gasteiger partial charge in [0.1, 0.15) is 17.4 Å². The topological polar surface area (TPSA) is 110 Å². The van der Waals surface area contributed by atoms with Gasteiger partial charge in [0.15, 0.2) is 23.0 Å². The normalized spacial score (nSPS) is 10.7. The van der Waals surface area contributed by atoms with Gasteiger partial charge >= 0.3 is 5.97 Å². The van der Waals surface area contributed by atoms with Gasteiger partial charge in [0, 0.05) is 22.4 Å². The number of methoxy groups -OCH3 is 6. The van der Waals surface area contributed by atoms with Gasteiger partial charge in [0.2, 0.25) is 11.5 Å². The van der Waals surface area contributed by atoms with Gasteiger partial charge in [-0.2, -0.15) is 0 Å². The molecule has 0 spiro atoms. The molecule has 1 N–H and O–H groups in total. The zero-order chi connectivity index (χ0) is 30.0. The first-order valence-corrected chi connectivity index (χ1v) is 12.0. The van der Waals surface area contributed by atoms with E-state index in [0.29, 0.717) is 17.4 Å². The predicted molar refractivity (Wildman–Crippen MR) is 145 cm³/mol. The summed E-state index contributed by atoms with van der Waals surface area (Å²) in [6.07, 6.45) is 0. The molecule has 0 amide bonds. The molecule has 4 aromatic carbocycles. The van der Waals surface area contributed by atoms with Gasteiger partial charge < -0.3 is 33.5 Å². The summed E-state index contributed by atoms with van der Waals surface area (Å²) < 4.78 is 61.0. The van der Waals surface area contributed by atoms with Crippen LogP contribution in [0.5, 0.6) is 34.5 Å². The Labute approximate surface area is 233 Å². The third-order valence-corrected chi connectivity index (χ3v) is 6.54. The number of hydrogen-bond donors (Lipinski definition) is 1. The van der Waals surface area contributed by atoms with Crippen LogP contribution >= 0.6 is 0 Å². The van der Waals surface area contributed by atoms with Crippen LogP contribution in [0.3, 0.4) is 0 Å². The number of fused-ring (bicyclic) bond motifs is 1. The maximum atomic E-state index is 14.8. The zero-order valence-corrected chi connectivity index (χ0v) is 23.0. The molecular weight excluding hydrogens is 542 g/mol. The van der Waals surface area contributed by atoms with E-state index in [1.807, 2.05) is 0 Å². The zero-order valence-electron chi connectivity index (χ0n) is 23.0. The molecule has 11 heteroatoms. The van der Waals surface area contributed by atoms with Gasteiger partial charge in [-0.05, 0) is 35.9 Å². The Kier molecular flexibility index (Phi) is 8.18. The van der Waals surface area contributed by atoms with Crippen LogP contribution in [0.4, 0.5) is 8.78 Å². The minimum atomic E-state index is -1.19. The molecule has 214 valence electrons. The fraction of sp³-hybridized carbons (Fsp3) is 0.200. The molecule has 4 rings (SSSR count). The summed E-state index contributed by atoms with van der Waals surface area (Å²) >= 11 is 0. The first-order chi connectivity index (χ1) is 19.7. The van der Waals surface area contributed by atoms with Crippen molar-refractivity contribution in [3.63, 3.8) is 0 Å². The van der Waals surface area contributed by atoms with Crippen LogP contribution in [0.15, 0.2) is 42.5 Å². The van der Waals surface area contributed by atoms with E-state index in [1.165, 1.54) is 41.6 Å². The number of phenols is 1. The lowest BCUT2D eigenvalue weighted by Crippen LogP contribution is -2.16. The Bertz CT molecular complexity index is 1680. The van der Waals surface area contributed by atoms with E-state index in [0.717, 1.165) is 19.2 Å². The largest absolute Gasteiger partial charge is 0.506 e. The van der Waals surface area contributed by atoms with Gasteiger partial charge in [0.25, 0.3) is 0 Å². The minimum Gasteiger partial charge on any atom is -0.506 e. The lowest BCUT2D eigenvalue weighted by molar-refractivity contribution is 0.0598. The number of carbonyl (C=O) groups excluding carboxylic acids is 2. The van der Waals surface area contributed by atoms with Crippen molar-refractivity contribution in [3.05, 3.63) is 70.8 Å². The lowest BCUT2D eigenvalue weighted by Gasteiger charge is -2.23. The number of phenolic OH excluding ortho intramolecular Hbond substituents is 1. The summed E-state index contributed by atoms with van der Waals surface area (Å²) in [7, 11) is 8.02. The summed E-state index contributed by atoms with van der Waals surface area (Å²) in [5.74, 6) is -3.98. The van der Waals surface area contributed by atoms with Crippen molar-refractivity contribution in [2.75, 3.05) is 42.7 Å². The molecule has 0 aliphatic carbocycles. The van der Waals surface area contributed by atoms with Crippen molar-refractivity contribution in [3.8, 4) is 45.6 Å². The van der Waals surface area contributed by atoms with E-state index in [9.17, 15) is 23.5 Å². The van der Waals surface area contributed by atoms with E-state index in [4.69, 9.17) is 28.4 Å². The Morgan fingerprint density at radius 2 is 1.37 bits per heavy atom. The average molecular weight is 569 g/mol. The number of halogens is 2. The number of rotatable bonds is 9. The maximum absolute atomic E-state index is 14.8. The van der Waals surface area contributed by atoms with E-state index in [-0.39, 0.29) is 39.3 Å². The maximum Gasteiger partial charge on any atom is 0.339 e. The minimum absolute atomic E-state index is 0.00260. The van der Waals surface area contributed by atoms with Crippen LogP contribution in [-0.4, -0.2) is 59.5 Å². The highest BCUT2D eigenvalue weighted by atomic mass is 19.1. The van der Waals surface area contributed by atoms with E-state index in [2.05, 4.69) is 0 Å². The van der Waals surface area contributed by atoms with Crippen LogP contribution in [-0.2, 0) is 4.74 Å². The van der Waals surface area contributed by atoms with E-state index in [1.54, 1.807) is 18.2 Å². The molecule has 0 bridgehead atoms. The van der Waals surface area contributed by atoms with Crippen LogP contribution in [0.2, 0.25) is 0 Å². The van der Waals surface area contributed by atoms with E-state index >= 15 is 0 Å². The standard InChI is InChI=1S/C30H26F2O9/c1-36-19-10-7-14(11-20(19)37-2)22-23-17(13-21(38-3)28(39-4)29(23)40-5)27(34)25(24(22)30(35)41-6)26(33)16-9-8-15(31)12-18(16)32/h7-13,34H,1-6H3. The quantitative estimate of drug-likeness (QED) is 0.205. The highest BCUT2D eigenvalue weighted by Gasteiger charge is 2.34. The summed E-state index contributed by atoms with van der Waals surface area (Å²) in [5.41, 5.74) is -1.21. The van der Waals surface area contributed by atoms with Crippen molar-refractivity contribution in [2.24, 2.45) is 0 Å². The number of benzene rings is 4. The molecule has 0 saturated carbocycles. The molecule has 0 heterocycles. The fourth-order valence-electron chi connectivity index (χ4n) is 4.71. The summed E-state index contributed by atoms with van der Waals surface area (Å²) in [6.45, 7) is 0. The van der Waals surface area contributed by atoms with Crippen molar-refractivity contribution in [2.45, 2.75) is 0 Å². The number of aromatic hydroxyl groups is 1. The molecule has 0 aliphatic rings. The summed E-state index contributed by atoms with van der Waals surface area (Å²) in [6, 6.07) is 8.41. The van der Waals surface area contributed by atoms with Crippen molar-refractivity contribution >= 4 is 22.5 Å². The van der Waals surface area contributed by atoms with Crippen LogP contribution < -0.4 is 23.7 Å². The first-order valence-electron chi connectivity index (χ1n) is 12.0. The molecular formula is C30H26F2O9. The number of ether oxygens (including phenoxy) is 6. The molecule has 0 radical (unpaired) electrons. The third kappa shape index (κ3) is 4.79. The average Bonchev–Trinajstić information content (AvgIpc) is 2.98. The molecule has 0 saturated heterocycles. The Hall–Kier alpha value is -5.06. The highest BCUT2D eigenvalue weighted by Crippen LogP contribution is 2.53. The Morgan fingerprint density at radius 3 is 1.93 bits per heavy atom. The van der Waals surface area contributed by atoms with E-state index < -0.39 is 45.8 Å². The number of ketones is 1. The second-order valence-corrected chi connectivity index (χ2v) is 8.56. The smallest absolute Gasteiger partial charge is 0.339 e. The van der Waals surface area contributed by atoms with Gasteiger partial charge in [0.05, 0.1) is 59.3 Å². The SMILES string of the molecule is COC(=O)c1c(C(=O)c2ccc(F)cc2F)c(O)c2cc(OC)c(OC)c(OC)c2c1-c1ccc(OC)c(OC)c1. The van der Waals surface area contributed by atoms with Crippen molar-refractivity contribution in [1.82, 2.24) is 0 Å². The van der Waals surface area contributed by atoms with Gasteiger partial charge in [-0.1, -0.05) is 6.07 Å². The van der Waals surface area contributed by atoms with Crippen molar-refractivity contribution in [1.29, 1.82) is 0 Å². The number of esters is 1. The highest BCUT2D eigenvalue weighted by molar-refractivity contribution is 6.25. The van der Waals surface area contributed by atoms with Crippen LogP contribution in [0.1, 0.15) is 26.3 Å². The predicted octanol–water partition coefficient (Wildman–Crippen LogP) is 5.55. The molecule has 4 aromatic rings. The number of carbonyl (C=O) groups is 2. The first kappa shape index (κ1) is 28.9. The lowest BCUT2D eigenvalue weighted by atomic mass is 9.85. The third-order valence-electron chi connectivity index (χ3n) is 6.54. The van der Waals surface area contributed by atoms with Crippen LogP contribution in [0, 0.1) is 11.6 Å². The van der Waals surface area contributed by atoms with Crippen molar-refractivity contribution < 1.29 is 51.9 Å². The second-order valence-electron chi connectivity index (χ2n) is 8.56. The van der Waals surface area contributed by atoms with Gasteiger partial charge in [-0.15, -0.1) is 0 Å². The molecule has 0 fully saturated rings. The van der Waals surface area contributed by atoms with Gasteiger partial charge in [-0.3, -0.25) is 4.79 Å². The molecule has 9 nitrogen and oxygen atoms in total. The molecule has 0 unspecified atom stereocenters. The summed E-state index contributed by atoms with van der Waals surface area (Å²) in [5, 5.41) is 11.7. The monoisotopic (exact) mass is 568 g/mol. The number of hydrogen-bond acceptors (Lipinski definition) is 9. The molecule has 41 heavy (non-hydrogen) atoms. The summed E-state index contributed by atoms with van der Waals surface area (Å²) in [4.78, 5) is 27.3. The Balaban J connectivity index is 2.31. The molecule has 0 aromatic heterocycles. The molecule has 0 atom stereocenters. The fourth-order valence-corrected chi connectivity index (χ4v) is 4.71. The molecule has 0 aliphatic heterocycles. The van der Waals surface area contributed by atoms with Gasteiger partial charge in [-0.25, -0.2) is 13.6 Å².